The van der Waals surface area contributed by atoms with Crippen molar-refractivity contribution in [2.24, 2.45) is 0 Å². The van der Waals surface area contributed by atoms with Gasteiger partial charge in [-0.15, -0.1) is 0 Å². The molecular formula is C24H32N2O3. The fourth-order valence-electron chi connectivity index (χ4n) is 3.08. The molecule has 0 aliphatic heterocycles. The Labute approximate surface area is 174 Å². The van der Waals surface area contributed by atoms with Crippen LogP contribution in [0.4, 0.5) is 0 Å². The number of ether oxygens (including phenoxy) is 1. The molecule has 0 fully saturated rings. The summed E-state index contributed by atoms with van der Waals surface area (Å²) in [4.78, 5) is 26.6. The molecule has 0 aromatic heterocycles. The van der Waals surface area contributed by atoms with Crippen LogP contribution in [-0.4, -0.2) is 36.4 Å². The van der Waals surface area contributed by atoms with Crippen molar-refractivity contribution in [3.8, 4) is 5.75 Å². The van der Waals surface area contributed by atoms with Crippen LogP contribution in [0, 0.1) is 6.92 Å². The van der Waals surface area contributed by atoms with Crippen LogP contribution in [0.15, 0.2) is 48.5 Å². The van der Waals surface area contributed by atoms with E-state index in [1.165, 1.54) is 5.56 Å². The molecule has 0 aliphatic carbocycles. The summed E-state index contributed by atoms with van der Waals surface area (Å²) in [5.41, 5.74) is 3.34. The highest BCUT2D eigenvalue weighted by molar-refractivity contribution is 5.87. The second kappa shape index (κ2) is 9.59. The Balaban J connectivity index is 2.11. The van der Waals surface area contributed by atoms with Crippen molar-refractivity contribution in [3.05, 3.63) is 65.2 Å². The first kappa shape index (κ1) is 22.5. The maximum atomic E-state index is 12.9. The zero-order chi connectivity index (χ0) is 21.6. The lowest BCUT2D eigenvalue weighted by Gasteiger charge is -2.28. The molecule has 0 aliphatic rings. The Bertz CT molecular complexity index is 838. The average Bonchev–Trinajstić information content (AvgIpc) is 2.68. The van der Waals surface area contributed by atoms with Crippen molar-refractivity contribution in [2.75, 3.05) is 13.7 Å². The Morgan fingerprint density at radius 1 is 1.10 bits per heavy atom. The van der Waals surface area contributed by atoms with Crippen LogP contribution in [0.25, 0.3) is 0 Å². The van der Waals surface area contributed by atoms with Gasteiger partial charge in [0, 0.05) is 13.6 Å². The normalized spacial score (nSPS) is 12.2. The van der Waals surface area contributed by atoms with E-state index in [1.54, 1.807) is 18.9 Å². The van der Waals surface area contributed by atoms with Gasteiger partial charge in [0.15, 0.2) is 6.61 Å². The van der Waals surface area contributed by atoms with Crippen LogP contribution in [0.2, 0.25) is 0 Å². The Kier molecular flexibility index (Phi) is 7.43. The molecule has 0 spiro atoms. The number of carbonyl (C=O) groups is 2. The van der Waals surface area contributed by atoms with Gasteiger partial charge in [0.05, 0.1) is 0 Å². The van der Waals surface area contributed by atoms with E-state index in [2.05, 4.69) is 26.1 Å². The van der Waals surface area contributed by atoms with Gasteiger partial charge in [-0.2, -0.15) is 0 Å². The highest BCUT2D eigenvalue weighted by atomic mass is 16.5. The first-order valence-electron chi connectivity index (χ1n) is 9.91. The van der Waals surface area contributed by atoms with E-state index in [0.29, 0.717) is 12.3 Å². The van der Waals surface area contributed by atoms with E-state index < -0.39 is 6.04 Å². The molecule has 0 radical (unpaired) electrons. The van der Waals surface area contributed by atoms with E-state index in [9.17, 15) is 9.59 Å². The van der Waals surface area contributed by atoms with Crippen molar-refractivity contribution < 1.29 is 14.3 Å². The molecule has 2 amide bonds. The lowest BCUT2D eigenvalue weighted by atomic mass is 9.87. The number of carbonyl (C=O) groups excluding carboxylic acids is 2. The Morgan fingerprint density at radius 3 is 2.31 bits per heavy atom. The number of benzene rings is 2. The molecule has 0 saturated heterocycles. The predicted octanol–water partition coefficient (Wildman–Crippen LogP) is 3.83. The van der Waals surface area contributed by atoms with Crippen molar-refractivity contribution in [1.82, 2.24) is 10.2 Å². The summed E-state index contributed by atoms with van der Waals surface area (Å²) < 4.78 is 5.72. The fourth-order valence-corrected chi connectivity index (χ4v) is 3.08. The number of nitrogens with zero attached hydrogens (tertiary/aromatic N) is 1. The van der Waals surface area contributed by atoms with Crippen LogP contribution in [0.1, 0.15) is 44.4 Å². The zero-order valence-corrected chi connectivity index (χ0v) is 18.3. The Morgan fingerprint density at radius 2 is 1.76 bits per heavy atom. The summed E-state index contributed by atoms with van der Waals surface area (Å²) in [7, 11) is 1.57. The molecule has 5 heteroatoms. The smallest absolute Gasteiger partial charge is 0.261 e. The van der Waals surface area contributed by atoms with E-state index in [4.69, 9.17) is 4.74 Å². The topological polar surface area (TPSA) is 58.6 Å². The zero-order valence-electron chi connectivity index (χ0n) is 18.3. The number of aryl methyl sites for hydroxylation is 1. The van der Waals surface area contributed by atoms with Crippen LogP contribution < -0.4 is 10.1 Å². The number of nitrogens with one attached hydrogen (secondary N) is 1. The molecular weight excluding hydrogens is 364 g/mol. The molecule has 2 rings (SSSR count). The number of rotatable bonds is 7. The summed E-state index contributed by atoms with van der Waals surface area (Å²) in [6.07, 6.45) is 0. The molecule has 2 aromatic rings. The average molecular weight is 397 g/mol. The van der Waals surface area contributed by atoms with Crippen molar-refractivity contribution in [3.63, 3.8) is 0 Å². The lowest BCUT2D eigenvalue weighted by molar-refractivity contribution is -0.142. The van der Waals surface area contributed by atoms with E-state index in [0.717, 1.165) is 11.1 Å². The molecule has 1 atom stereocenters. The van der Waals surface area contributed by atoms with Gasteiger partial charge < -0.3 is 15.0 Å². The predicted molar refractivity (Wildman–Crippen MR) is 116 cm³/mol. The van der Waals surface area contributed by atoms with Gasteiger partial charge in [0.1, 0.15) is 11.8 Å². The number of amides is 2. The monoisotopic (exact) mass is 396 g/mol. The maximum absolute atomic E-state index is 12.9. The lowest BCUT2D eigenvalue weighted by Crippen LogP contribution is -2.48. The van der Waals surface area contributed by atoms with Crippen LogP contribution in [-0.2, 0) is 21.5 Å². The molecule has 1 unspecified atom stereocenters. The number of likely N-dealkylation sites (N-methyl/N-ethyl adjacent to an activating group) is 1. The summed E-state index contributed by atoms with van der Waals surface area (Å²) in [6.45, 7) is 10.4. The minimum absolute atomic E-state index is 0.0574. The first-order chi connectivity index (χ1) is 13.6. The molecule has 156 valence electrons. The molecule has 0 heterocycles. The van der Waals surface area contributed by atoms with Gasteiger partial charge in [0.2, 0.25) is 5.91 Å². The van der Waals surface area contributed by atoms with E-state index >= 15 is 0 Å². The molecule has 29 heavy (non-hydrogen) atoms. The molecule has 0 bridgehead atoms. The first-order valence-corrected chi connectivity index (χ1v) is 9.91. The summed E-state index contributed by atoms with van der Waals surface area (Å²) in [6, 6.07) is 15.1. The fraction of sp³-hybridized carbons (Fsp3) is 0.417. The van der Waals surface area contributed by atoms with Crippen LogP contribution >= 0.6 is 0 Å². The van der Waals surface area contributed by atoms with Crippen molar-refractivity contribution >= 4 is 11.8 Å². The summed E-state index contributed by atoms with van der Waals surface area (Å²) >= 11 is 0. The van der Waals surface area contributed by atoms with Gasteiger partial charge in [-0.05, 0) is 42.5 Å². The maximum Gasteiger partial charge on any atom is 0.261 e. The van der Waals surface area contributed by atoms with Gasteiger partial charge in [-0.25, -0.2) is 0 Å². The highest BCUT2D eigenvalue weighted by Crippen LogP contribution is 2.24. The second-order valence-electron chi connectivity index (χ2n) is 8.36. The third-order valence-electron chi connectivity index (χ3n) is 4.93. The Hall–Kier alpha value is -2.82. The van der Waals surface area contributed by atoms with Gasteiger partial charge >= 0.3 is 0 Å². The number of hydrogen-bond donors (Lipinski definition) is 1. The third-order valence-corrected chi connectivity index (χ3v) is 4.93. The van der Waals surface area contributed by atoms with Crippen LogP contribution in [0.5, 0.6) is 5.75 Å². The standard InChI is InChI=1S/C24H32N2O3/c1-17-8-7-9-19(14-17)15-26(18(2)23(28)25-6)22(27)16-29-21-12-10-20(11-13-21)24(3,4)5/h7-14,18H,15-16H2,1-6H3,(H,25,28). The third kappa shape index (κ3) is 6.34. The quantitative estimate of drug-likeness (QED) is 0.774. The highest BCUT2D eigenvalue weighted by Gasteiger charge is 2.26. The van der Waals surface area contributed by atoms with Gasteiger partial charge in [0.25, 0.3) is 5.91 Å². The second-order valence-corrected chi connectivity index (χ2v) is 8.36. The minimum atomic E-state index is -0.597. The largest absolute Gasteiger partial charge is 0.484 e. The number of hydrogen-bond acceptors (Lipinski definition) is 3. The van der Waals surface area contributed by atoms with Crippen molar-refractivity contribution in [2.45, 2.75) is 52.6 Å². The van der Waals surface area contributed by atoms with E-state index in [1.807, 2.05) is 55.5 Å². The van der Waals surface area contributed by atoms with Crippen LogP contribution in [0.3, 0.4) is 0 Å². The van der Waals surface area contributed by atoms with E-state index in [-0.39, 0.29) is 23.8 Å². The molecule has 0 saturated carbocycles. The summed E-state index contributed by atoms with van der Waals surface area (Å²) in [5.74, 6) is 0.192. The van der Waals surface area contributed by atoms with Crippen molar-refractivity contribution in [1.29, 1.82) is 0 Å². The van der Waals surface area contributed by atoms with Gasteiger partial charge in [-0.3, -0.25) is 9.59 Å². The molecule has 5 nitrogen and oxygen atoms in total. The molecule has 2 aromatic carbocycles. The van der Waals surface area contributed by atoms with Gasteiger partial charge in [-0.1, -0.05) is 62.7 Å². The summed E-state index contributed by atoms with van der Waals surface area (Å²) in [5, 5.41) is 2.62. The minimum Gasteiger partial charge on any atom is -0.484 e. The SMILES string of the molecule is CNC(=O)C(C)N(Cc1cccc(C)c1)C(=O)COc1ccc(C(C)(C)C)cc1. The molecule has 1 N–H and O–H groups in total.